The van der Waals surface area contributed by atoms with E-state index in [1.54, 1.807) is 45.0 Å². The second kappa shape index (κ2) is 12.0. The van der Waals surface area contributed by atoms with Crippen molar-refractivity contribution in [3.63, 3.8) is 0 Å². The minimum atomic E-state index is -4.54. The number of benzene rings is 2. The van der Waals surface area contributed by atoms with E-state index < -0.39 is 48.1 Å². The number of primary amides is 1. The molecule has 0 radical (unpaired) electrons. The number of nitrogens with two attached hydrogens (primary N) is 1. The summed E-state index contributed by atoms with van der Waals surface area (Å²) in [6.45, 7) is 4.00. The summed E-state index contributed by atoms with van der Waals surface area (Å²) in [6, 6.07) is 12.6. The largest absolute Gasteiger partial charge is 0.444 e. The van der Waals surface area contributed by atoms with Gasteiger partial charge in [-0.15, -0.1) is 0 Å². The molecule has 0 aliphatic rings. The molecule has 3 N–H and O–H groups in total. The van der Waals surface area contributed by atoms with Gasteiger partial charge in [-0.05, 0) is 44.4 Å². The van der Waals surface area contributed by atoms with Gasteiger partial charge in [0.05, 0.1) is 31.4 Å². The lowest BCUT2D eigenvalue weighted by molar-refractivity contribution is -0.137. The molecule has 0 saturated heterocycles. The Morgan fingerprint density at radius 1 is 1.03 bits per heavy atom. The van der Waals surface area contributed by atoms with Gasteiger partial charge in [0, 0.05) is 0 Å². The molecule has 2 unspecified atom stereocenters. The Bertz CT molecular complexity index is 977. The van der Waals surface area contributed by atoms with Gasteiger partial charge in [-0.1, -0.05) is 48.5 Å². The van der Waals surface area contributed by atoms with E-state index in [-0.39, 0.29) is 25.1 Å². The Hall–Kier alpha value is -3.11. The molecule has 2 atom stereocenters. The van der Waals surface area contributed by atoms with E-state index in [2.05, 4.69) is 0 Å². The molecule has 2 aromatic rings. The van der Waals surface area contributed by atoms with E-state index in [9.17, 15) is 27.9 Å². The number of aliphatic hydroxyl groups is 1. The van der Waals surface area contributed by atoms with Crippen LogP contribution in [0.1, 0.15) is 37.5 Å². The fourth-order valence-electron chi connectivity index (χ4n) is 3.29. The van der Waals surface area contributed by atoms with Gasteiger partial charge in [-0.25, -0.2) is 4.79 Å². The lowest BCUT2D eigenvalue weighted by atomic mass is 10.0. The van der Waals surface area contributed by atoms with Gasteiger partial charge >= 0.3 is 12.3 Å². The molecule has 2 aromatic carbocycles. The van der Waals surface area contributed by atoms with Crippen molar-refractivity contribution in [3.05, 3.63) is 71.3 Å². The molecule has 0 saturated carbocycles. The molecule has 2 rings (SSSR count). The van der Waals surface area contributed by atoms with Crippen molar-refractivity contribution >= 4 is 12.0 Å². The number of alkyl halides is 3. The first-order valence-electron chi connectivity index (χ1n) is 11.0. The number of halogens is 3. The summed E-state index contributed by atoms with van der Waals surface area (Å²) in [5.74, 6) is -0.842. The third kappa shape index (κ3) is 9.22. The normalized spacial score (nSPS) is 13.7. The van der Waals surface area contributed by atoms with E-state index >= 15 is 0 Å². The van der Waals surface area contributed by atoms with Gasteiger partial charge in [0.15, 0.2) is 6.10 Å². The quantitative estimate of drug-likeness (QED) is 0.519. The predicted octanol–water partition coefficient (Wildman–Crippen LogP) is 3.92. The number of nitrogens with zero attached hydrogens (tertiary/aromatic N) is 1. The van der Waals surface area contributed by atoms with E-state index in [1.165, 1.54) is 12.1 Å². The van der Waals surface area contributed by atoms with Gasteiger partial charge in [-0.2, -0.15) is 13.2 Å². The highest BCUT2D eigenvalue weighted by atomic mass is 19.4. The molecule has 0 heterocycles. The van der Waals surface area contributed by atoms with E-state index in [0.29, 0.717) is 0 Å². The number of ether oxygens (including phenoxy) is 2. The molecule has 0 fully saturated rings. The van der Waals surface area contributed by atoms with Crippen LogP contribution in [0.5, 0.6) is 0 Å². The average Bonchev–Trinajstić information content (AvgIpc) is 2.77. The van der Waals surface area contributed by atoms with Crippen LogP contribution in [0.15, 0.2) is 54.6 Å². The van der Waals surface area contributed by atoms with E-state index in [0.717, 1.165) is 22.6 Å². The topological polar surface area (TPSA) is 102 Å². The highest BCUT2D eigenvalue weighted by Crippen LogP contribution is 2.30. The van der Waals surface area contributed by atoms with Crippen molar-refractivity contribution < 1.29 is 37.3 Å². The lowest BCUT2D eigenvalue weighted by Crippen LogP contribution is -2.52. The van der Waals surface area contributed by atoms with Crippen molar-refractivity contribution in [2.24, 2.45) is 5.73 Å². The van der Waals surface area contributed by atoms with Crippen LogP contribution >= 0.6 is 0 Å². The monoisotopic (exact) mass is 496 g/mol. The molecular weight excluding hydrogens is 465 g/mol. The van der Waals surface area contributed by atoms with Crippen molar-refractivity contribution in [2.45, 2.75) is 57.7 Å². The number of rotatable bonds is 10. The molecular formula is C25H31F3N2O5. The van der Waals surface area contributed by atoms with Crippen LogP contribution in [0.2, 0.25) is 0 Å². The van der Waals surface area contributed by atoms with Crippen LogP contribution in [0.3, 0.4) is 0 Å². The molecule has 0 aliphatic heterocycles. The smallest absolute Gasteiger partial charge is 0.416 e. The standard InChI is InChI=1S/C25H31F3N2O5/c1-24(2,3)35-23(33)30(14-21(22(29)32)34-16-17-8-5-4-6-9-17)20(15-31)13-18-10-7-11-19(12-18)25(26,27)28/h4-12,20-21,31H,13-16H2,1-3H3,(H2,29,32). The first-order chi connectivity index (χ1) is 16.3. The minimum Gasteiger partial charge on any atom is -0.444 e. The van der Waals surface area contributed by atoms with Crippen molar-refractivity contribution in [1.29, 1.82) is 0 Å². The number of hydrogen-bond acceptors (Lipinski definition) is 5. The van der Waals surface area contributed by atoms with Crippen LogP contribution in [-0.2, 0) is 33.5 Å². The Kier molecular flexibility index (Phi) is 9.67. The molecule has 35 heavy (non-hydrogen) atoms. The highest BCUT2D eigenvalue weighted by molar-refractivity contribution is 5.80. The van der Waals surface area contributed by atoms with Gasteiger partial charge in [0.2, 0.25) is 5.91 Å². The van der Waals surface area contributed by atoms with Crippen molar-refractivity contribution in [2.75, 3.05) is 13.2 Å². The maximum Gasteiger partial charge on any atom is 0.416 e. The Morgan fingerprint density at radius 2 is 1.66 bits per heavy atom. The number of hydrogen-bond donors (Lipinski definition) is 2. The van der Waals surface area contributed by atoms with E-state index in [4.69, 9.17) is 15.2 Å². The number of carbonyl (C=O) groups is 2. The third-order valence-electron chi connectivity index (χ3n) is 4.98. The highest BCUT2D eigenvalue weighted by Gasteiger charge is 2.34. The Labute approximate surface area is 202 Å². The molecule has 10 heteroatoms. The molecule has 2 amide bonds. The van der Waals surface area contributed by atoms with Crippen molar-refractivity contribution in [1.82, 2.24) is 4.90 Å². The molecule has 7 nitrogen and oxygen atoms in total. The molecule has 0 aliphatic carbocycles. The van der Waals surface area contributed by atoms with Crippen LogP contribution in [0, 0.1) is 0 Å². The summed E-state index contributed by atoms with van der Waals surface area (Å²) < 4.78 is 50.5. The van der Waals surface area contributed by atoms with Crippen LogP contribution in [0.25, 0.3) is 0 Å². The number of amides is 2. The maximum atomic E-state index is 13.1. The summed E-state index contributed by atoms with van der Waals surface area (Å²) in [4.78, 5) is 26.2. The van der Waals surface area contributed by atoms with Gasteiger partial charge in [0.1, 0.15) is 5.60 Å². The maximum absolute atomic E-state index is 13.1. The summed E-state index contributed by atoms with van der Waals surface area (Å²) >= 11 is 0. The minimum absolute atomic E-state index is 0.0357. The van der Waals surface area contributed by atoms with Gasteiger partial charge < -0.3 is 20.3 Å². The zero-order valence-electron chi connectivity index (χ0n) is 19.9. The van der Waals surface area contributed by atoms with Crippen LogP contribution < -0.4 is 5.73 Å². The van der Waals surface area contributed by atoms with Gasteiger partial charge in [-0.3, -0.25) is 9.69 Å². The lowest BCUT2D eigenvalue weighted by Gasteiger charge is -2.34. The molecule has 0 bridgehead atoms. The average molecular weight is 497 g/mol. The molecule has 0 spiro atoms. The predicted molar refractivity (Wildman–Crippen MR) is 123 cm³/mol. The van der Waals surface area contributed by atoms with Crippen molar-refractivity contribution in [3.8, 4) is 0 Å². The summed E-state index contributed by atoms with van der Waals surface area (Å²) in [5, 5.41) is 10.1. The summed E-state index contributed by atoms with van der Waals surface area (Å²) in [5.41, 5.74) is 4.77. The third-order valence-corrected chi connectivity index (χ3v) is 4.98. The summed E-state index contributed by atoms with van der Waals surface area (Å²) in [7, 11) is 0. The molecule has 192 valence electrons. The Balaban J connectivity index is 2.29. The zero-order chi connectivity index (χ0) is 26.2. The second-order valence-electron chi connectivity index (χ2n) is 9.06. The van der Waals surface area contributed by atoms with Crippen LogP contribution in [0.4, 0.5) is 18.0 Å². The zero-order valence-corrected chi connectivity index (χ0v) is 19.9. The first kappa shape index (κ1) is 28.1. The van der Waals surface area contributed by atoms with Gasteiger partial charge in [0.25, 0.3) is 0 Å². The fraction of sp³-hybridized carbons (Fsp3) is 0.440. The first-order valence-corrected chi connectivity index (χ1v) is 11.0. The number of aliphatic hydroxyl groups excluding tert-OH is 1. The van der Waals surface area contributed by atoms with E-state index in [1.807, 2.05) is 6.07 Å². The second-order valence-corrected chi connectivity index (χ2v) is 9.06. The van der Waals surface area contributed by atoms with Crippen LogP contribution in [-0.4, -0.2) is 52.9 Å². The SMILES string of the molecule is CC(C)(C)OC(=O)N(CC(OCc1ccccc1)C(N)=O)C(CO)Cc1cccc(C(F)(F)F)c1. The fourth-order valence-corrected chi connectivity index (χ4v) is 3.29. The summed E-state index contributed by atoms with van der Waals surface area (Å²) in [6.07, 6.45) is -6.78. The number of carbonyl (C=O) groups excluding carboxylic acids is 2. The molecule has 0 aromatic heterocycles. The Morgan fingerprint density at radius 3 is 2.20 bits per heavy atom.